The van der Waals surface area contributed by atoms with Crippen molar-refractivity contribution in [1.29, 1.82) is 0 Å². The van der Waals surface area contributed by atoms with Crippen molar-refractivity contribution in [3.8, 4) is 0 Å². The zero-order valence-electron chi connectivity index (χ0n) is 18.2. The summed E-state index contributed by atoms with van der Waals surface area (Å²) in [6, 6.07) is 14.3. The first-order valence-corrected chi connectivity index (χ1v) is 10.9. The fraction of sp³-hybridized carbons (Fsp3) is 0.400. The van der Waals surface area contributed by atoms with Crippen LogP contribution in [0.4, 0.5) is 5.69 Å². The number of nitrogens with one attached hydrogen (secondary N) is 1. The molecule has 5 nitrogen and oxygen atoms in total. The molecule has 0 aliphatic carbocycles. The van der Waals surface area contributed by atoms with E-state index in [1.807, 2.05) is 24.3 Å². The molecule has 2 aromatic carbocycles. The smallest absolute Gasteiger partial charge is 0.260 e. The lowest BCUT2D eigenvalue weighted by Crippen LogP contribution is -2.34. The average molecular weight is 406 g/mol. The molecule has 1 N–H and O–H groups in total. The summed E-state index contributed by atoms with van der Waals surface area (Å²) in [7, 11) is 2.17. The van der Waals surface area contributed by atoms with E-state index >= 15 is 0 Å². The first kappa shape index (κ1) is 20.6. The van der Waals surface area contributed by atoms with Gasteiger partial charge in [0, 0.05) is 42.0 Å². The average Bonchev–Trinajstić information content (AvgIpc) is 3.32. The second-order valence-electron chi connectivity index (χ2n) is 8.06. The molecule has 0 saturated heterocycles. The fourth-order valence-corrected chi connectivity index (χ4v) is 4.11. The molecule has 2 aromatic rings. The summed E-state index contributed by atoms with van der Waals surface area (Å²) in [6.45, 7) is 10.3. The Morgan fingerprint density at radius 1 is 1.00 bits per heavy atom. The van der Waals surface area contributed by atoms with E-state index < -0.39 is 0 Å². The maximum Gasteiger partial charge on any atom is 0.260 e. The number of rotatable bonds is 8. The van der Waals surface area contributed by atoms with Gasteiger partial charge in [0.2, 0.25) is 0 Å². The van der Waals surface area contributed by atoms with Gasteiger partial charge in [-0.05, 0) is 38.2 Å². The van der Waals surface area contributed by atoms with Crippen LogP contribution in [0.2, 0.25) is 0 Å². The van der Waals surface area contributed by atoms with Gasteiger partial charge in [-0.3, -0.25) is 4.79 Å². The van der Waals surface area contributed by atoms with Crippen molar-refractivity contribution in [2.75, 3.05) is 45.1 Å². The van der Waals surface area contributed by atoms with Crippen molar-refractivity contribution in [3.05, 3.63) is 64.7 Å². The monoisotopic (exact) mass is 405 g/mol. The number of anilines is 1. The van der Waals surface area contributed by atoms with Crippen LogP contribution in [-0.4, -0.2) is 55.5 Å². The summed E-state index contributed by atoms with van der Waals surface area (Å²) < 4.78 is 6.02. The minimum absolute atomic E-state index is 0.0845. The molecule has 0 fully saturated rings. The Balaban J connectivity index is 1.49. The van der Waals surface area contributed by atoms with Crippen molar-refractivity contribution < 1.29 is 9.53 Å². The summed E-state index contributed by atoms with van der Waals surface area (Å²) in [5.74, 6) is 0.621. The molecule has 158 valence electrons. The van der Waals surface area contributed by atoms with E-state index in [1.54, 1.807) is 0 Å². The number of para-hydroxylation sites is 1. The molecule has 5 heteroatoms. The lowest BCUT2D eigenvalue weighted by molar-refractivity contribution is -0.110. The molecule has 0 unspecified atom stereocenters. The van der Waals surface area contributed by atoms with Crippen molar-refractivity contribution in [2.45, 2.75) is 26.9 Å². The van der Waals surface area contributed by atoms with E-state index in [-0.39, 0.29) is 5.91 Å². The second-order valence-corrected chi connectivity index (χ2v) is 8.06. The third-order valence-corrected chi connectivity index (χ3v) is 6.19. The molecule has 0 spiro atoms. The number of nitrogens with zero attached hydrogens (tertiary/aromatic N) is 2. The molecule has 0 atom stereocenters. The fourth-order valence-electron chi connectivity index (χ4n) is 4.11. The van der Waals surface area contributed by atoms with E-state index in [0.717, 1.165) is 56.0 Å². The number of hydrogen-bond acceptors (Lipinski definition) is 4. The highest BCUT2D eigenvalue weighted by atomic mass is 16.5. The number of carbonyl (C=O) groups is 1. The van der Waals surface area contributed by atoms with Crippen molar-refractivity contribution >= 4 is 22.9 Å². The predicted molar refractivity (Wildman–Crippen MR) is 122 cm³/mol. The Hall–Kier alpha value is -2.63. The summed E-state index contributed by atoms with van der Waals surface area (Å²) in [4.78, 5) is 17.4. The van der Waals surface area contributed by atoms with Crippen LogP contribution in [0.1, 0.15) is 36.1 Å². The standard InChI is InChI=1S/C25H31N3O2/c1-4-27(3)14-15-28(5-2)13-12-18-10-11-20-19(16-18)17-30-24(20)23-21-8-6-7-9-22(21)26-25(23)29/h6-11,16H,4-5,12-15,17H2,1-3H3,(H,26,29). The summed E-state index contributed by atoms with van der Waals surface area (Å²) >= 11 is 0. The van der Waals surface area contributed by atoms with E-state index in [9.17, 15) is 4.79 Å². The van der Waals surface area contributed by atoms with Gasteiger partial charge in [0.05, 0.1) is 5.57 Å². The number of carbonyl (C=O) groups excluding carboxylic acids is 1. The largest absolute Gasteiger partial charge is 0.487 e. The van der Waals surface area contributed by atoms with Crippen LogP contribution in [0.3, 0.4) is 0 Å². The predicted octanol–water partition coefficient (Wildman–Crippen LogP) is 3.85. The Kier molecular flexibility index (Phi) is 6.21. The lowest BCUT2D eigenvalue weighted by atomic mass is 9.98. The minimum Gasteiger partial charge on any atom is -0.487 e. The number of ether oxygens (including phenoxy) is 1. The van der Waals surface area contributed by atoms with Crippen molar-refractivity contribution in [3.63, 3.8) is 0 Å². The Morgan fingerprint density at radius 2 is 1.83 bits per heavy atom. The molecule has 0 aromatic heterocycles. The highest BCUT2D eigenvalue weighted by molar-refractivity contribution is 6.36. The van der Waals surface area contributed by atoms with Crippen molar-refractivity contribution in [2.24, 2.45) is 0 Å². The van der Waals surface area contributed by atoms with Gasteiger partial charge < -0.3 is 19.9 Å². The molecule has 0 saturated carbocycles. The third-order valence-electron chi connectivity index (χ3n) is 6.19. The van der Waals surface area contributed by atoms with Crippen LogP contribution < -0.4 is 5.32 Å². The van der Waals surface area contributed by atoms with Crippen LogP contribution in [0.5, 0.6) is 0 Å². The van der Waals surface area contributed by atoms with E-state index in [2.05, 4.69) is 54.2 Å². The molecular formula is C25H31N3O2. The zero-order chi connectivity index (χ0) is 21.1. The summed E-state index contributed by atoms with van der Waals surface area (Å²) in [5.41, 5.74) is 5.95. The minimum atomic E-state index is -0.0845. The molecule has 30 heavy (non-hydrogen) atoms. The van der Waals surface area contributed by atoms with Gasteiger partial charge in [-0.1, -0.05) is 50.2 Å². The Bertz CT molecular complexity index is 967. The highest BCUT2D eigenvalue weighted by Gasteiger charge is 2.32. The van der Waals surface area contributed by atoms with Gasteiger partial charge >= 0.3 is 0 Å². The van der Waals surface area contributed by atoms with Crippen LogP contribution >= 0.6 is 0 Å². The first-order valence-electron chi connectivity index (χ1n) is 10.9. The van der Waals surface area contributed by atoms with E-state index in [0.29, 0.717) is 17.9 Å². The molecule has 0 radical (unpaired) electrons. The first-order chi connectivity index (χ1) is 14.6. The highest BCUT2D eigenvalue weighted by Crippen LogP contribution is 2.41. The molecule has 2 heterocycles. The van der Waals surface area contributed by atoms with Crippen molar-refractivity contribution in [1.82, 2.24) is 9.80 Å². The molecule has 1 amide bonds. The number of fused-ring (bicyclic) bond motifs is 2. The van der Waals surface area contributed by atoms with E-state index in [4.69, 9.17) is 4.74 Å². The molecule has 4 rings (SSSR count). The maximum atomic E-state index is 12.6. The second kappa shape index (κ2) is 9.02. The third kappa shape index (κ3) is 4.13. The molecule has 0 bridgehead atoms. The number of amides is 1. The Morgan fingerprint density at radius 3 is 2.63 bits per heavy atom. The van der Waals surface area contributed by atoms with Crippen LogP contribution in [0.15, 0.2) is 42.5 Å². The molecular weight excluding hydrogens is 374 g/mol. The van der Waals surface area contributed by atoms with Gasteiger partial charge in [0.15, 0.2) is 0 Å². The number of benzene rings is 2. The van der Waals surface area contributed by atoms with Gasteiger partial charge in [-0.15, -0.1) is 0 Å². The van der Waals surface area contributed by atoms with Gasteiger partial charge in [-0.25, -0.2) is 0 Å². The van der Waals surface area contributed by atoms with Crippen LogP contribution in [-0.2, 0) is 22.6 Å². The lowest BCUT2D eigenvalue weighted by Gasteiger charge is -2.23. The van der Waals surface area contributed by atoms with E-state index in [1.165, 1.54) is 11.1 Å². The summed E-state index contributed by atoms with van der Waals surface area (Å²) in [6.07, 6.45) is 1.02. The van der Waals surface area contributed by atoms with Gasteiger partial charge in [0.1, 0.15) is 12.4 Å². The number of hydrogen-bond donors (Lipinski definition) is 1. The summed E-state index contributed by atoms with van der Waals surface area (Å²) in [5, 5.41) is 2.94. The van der Waals surface area contributed by atoms with Gasteiger partial charge in [0.25, 0.3) is 5.91 Å². The SMILES string of the molecule is CCN(C)CCN(CC)CCc1ccc2c(c1)COC2=C1C(=O)Nc2ccccc21. The topological polar surface area (TPSA) is 44.8 Å². The molecule has 2 aliphatic heterocycles. The zero-order valence-corrected chi connectivity index (χ0v) is 18.2. The quantitative estimate of drug-likeness (QED) is 0.678. The normalized spacial score (nSPS) is 17.3. The van der Waals surface area contributed by atoms with Gasteiger partial charge in [-0.2, -0.15) is 0 Å². The number of likely N-dealkylation sites (N-methyl/N-ethyl adjacent to an activating group) is 2. The maximum absolute atomic E-state index is 12.6. The van der Waals surface area contributed by atoms with Crippen LogP contribution in [0, 0.1) is 0 Å². The van der Waals surface area contributed by atoms with Crippen LogP contribution in [0.25, 0.3) is 11.3 Å². The molecule has 2 aliphatic rings. The Labute approximate surface area is 179 Å².